The van der Waals surface area contributed by atoms with Crippen molar-refractivity contribution >= 4 is 29.3 Å². The summed E-state index contributed by atoms with van der Waals surface area (Å²) in [5, 5.41) is 11.3. The molecular formula is C21H31FO2S2. The van der Waals surface area contributed by atoms with Gasteiger partial charge in [0, 0.05) is 17.8 Å². The first-order valence-electron chi connectivity index (χ1n) is 9.90. The fourth-order valence-corrected chi connectivity index (χ4v) is 9.99. The van der Waals surface area contributed by atoms with Gasteiger partial charge >= 0.3 is 0 Å². The fourth-order valence-electron chi connectivity index (χ4n) is 7.27. The lowest BCUT2D eigenvalue weighted by atomic mass is 9.45. The molecule has 0 spiro atoms. The van der Waals surface area contributed by atoms with E-state index in [0.717, 1.165) is 31.3 Å². The number of alkyl halides is 1. The number of thioether (sulfide) groups is 2. The number of carbonyl (C=O) groups is 1. The van der Waals surface area contributed by atoms with E-state index in [1.54, 1.807) is 6.08 Å². The molecule has 0 aromatic carbocycles. The molecule has 2 nitrogen and oxygen atoms in total. The van der Waals surface area contributed by atoms with Gasteiger partial charge in [-0.3, -0.25) is 4.79 Å². The van der Waals surface area contributed by atoms with Gasteiger partial charge in [-0.05, 0) is 68.4 Å². The lowest BCUT2D eigenvalue weighted by molar-refractivity contribution is -0.203. The van der Waals surface area contributed by atoms with Crippen molar-refractivity contribution in [3.05, 3.63) is 11.6 Å². The number of allylic oxidation sites excluding steroid dienone is 1. The number of fused-ring (bicyclic) bond motifs is 5. The van der Waals surface area contributed by atoms with Crippen LogP contribution in [0.4, 0.5) is 4.39 Å². The van der Waals surface area contributed by atoms with Gasteiger partial charge in [0.05, 0.1) is 10.2 Å². The maximum absolute atomic E-state index is 16.9. The van der Waals surface area contributed by atoms with Crippen LogP contribution in [0.3, 0.4) is 0 Å². The number of halogens is 1. The molecule has 1 unspecified atom stereocenters. The minimum absolute atomic E-state index is 0.0480. The highest BCUT2D eigenvalue weighted by Crippen LogP contribution is 2.73. The van der Waals surface area contributed by atoms with Crippen LogP contribution in [0.5, 0.6) is 0 Å². The molecule has 0 heterocycles. The van der Waals surface area contributed by atoms with Crippen molar-refractivity contribution in [3.63, 3.8) is 0 Å². The molecule has 3 fully saturated rings. The molecule has 1 N–H and O–H groups in total. The van der Waals surface area contributed by atoms with Crippen molar-refractivity contribution in [2.24, 2.45) is 22.7 Å². The summed E-state index contributed by atoms with van der Waals surface area (Å²) in [6.07, 6.45) is 10.3. The van der Waals surface area contributed by atoms with Crippen LogP contribution in [0, 0.1) is 22.7 Å². The second-order valence-corrected chi connectivity index (χ2v) is 11.8. The molecule has 0 aliphatic heterocycles. The first kappa shape index (κ1) is 19.3. The van der Waals surface area contributed by atoms with Crippen molar-refractivity contribution in [1.29, 1.82) is 0 Å². The molecular weight excluding hydrogens is 367 g/mol. The van der Waals surface area contributed by atoms with E-state index in [9.17, 15) is 9.90 Å². The van der Waals surface area contributed by atoms with E-state index >= 15 is 4.39 Å². The van der Waals surface area contributed by atoms with Gasteiger partial charge in [-0.2, -0.15) is 0 Å². The molecule has 4 aliphatic rings. The Balaban J connectivity index is 1.80. The van der Waals surface area contributed by atoms with Gasteiger partial charge in [-0.25, -0.2) is 4.39 Å². The molecule has 0 saturated heterocycles. The molecule has 0 aromatic rings. The van der Waals surface area contributed by atoms with Crippen LogP contribution in [-0.4, -0.2) is 39.3 Å². The van der Waals surface area contributed by atoms with E-state index in [2.05, 4.69) is 19.4 Å². The van der Waals surface area contributed by atoms with E-state index in [1.807, 2.05) is 30.4 Å². The molecule has 0 bridgehead atoms. The third-order valence-electron chi connectivity index (χ3n) is 8.75. The molecule has 0 amide bonds. The largest absolute Gasteiger partial charge is 0.390 e. The first-order valence-corrected chi connectivity index (χ1v) is 12.3. The van der Waals surface area contributed by atoms with Crippen LogP contribution in [0.25, 0.3) is 0 Å². The number of ketones is 1. The Morgan fingerprint density at radius 1 is 1.12 bits per heavy atom. The molecule has 146 valence electrons. The van der Waals surface area contributed by atoms with Gasteiger partial charge in [-0.1, -0.05) is 19.4 Å². The maximum Gasteiger partial charge on any atom is 0.155 e. The highest BCUT2D eigenvalue weighted by molar-refractivity contribution is 8.17. The topological polar surface area (TPSA) is 37.3 Å². The summed E-state index contributed by atoms with van der Waals surface area (Å²) in [4.78, 5) is 11.9. The molecule has 6 atom stereocenters. The quantitative estimate of drug-likeness (QED) is 0.664. The Bertz CT molecular complexity index is 660. The van der Waals surface area contributed by atoms with E-state index < -0.39 is 17.2 Å². The van der Waals surface area contributed by atoms with E-state index in [0.29, 0.717) is 25.2 Å². The molecule has 4 aliphatic carbocycles. The van der Waals surface area contributed by atoms with Crippen molar-refractivity contribution in [3.8, 4) is 0 Å². The van der Waals surface area contributed by atoms with Crippen molar-refractivity contribution in [2.45, 2.75) is 74.6 Å². The lowest BCUT2D eigenvalue weighted by Crippen LogP contribution is -2.68. The summed E-state index contributed by atoms with van der Waals surface area (Å²) in [7, 11) is 0. The van der Waals surface area contributed by atoms with Crippen LogP contribution in [0.2, 0.25) is 0 Å². The van der Waals surface area contributed by atoms with Crippen molar-refractivity contribution < 1.29 is 14.3 Å². The van der Waals surface area contributed by atoms with Gasteiger partial charge in [0.25, 0.3) is 0 Å². The predicted molar refractivity (Wildman–Crippen MR) is 108 cm³/mol. The normalized spacial score (nSPS) is 49.8. The predicted octanol–water partition coefficient (Wildman–Crippen LogP) is 5.00. The molecule has 5 heteroatoms. The fraction of sp³-hybridized carbons (Fsp3) is 0.857. The van der Waals surface area contributed by atoms with Gasteiger partial charge in [0.15, 0.2) is 5.78 Å². The van der Waals surface area contributed by atoms with Crippen LogP contribution in [-0.2, 0) is 4.79 Å². The Morgan fingerprint density at radius 3 is 2.46 bits per heavy atom. The second kappa shape index (κ2) is 6.00. The van der Waals surface area contributed by atoms with E-state index in [4.69, 9.17) is 0 Å². The van der Waals surface area contributed by atoms with Gasteiger partial charge in [-0.15, -0.1) is 23.5 Å². The zero-order valence-electron chi connectivity index (χ0n) is 16.3. The summed E-state index contributed by atoms with van der Waals surface area (Å²) in [5.74, 6) is 0.332. The number of hydrogen-bond acceptors (Lipinski definition) is 4. The molecule has 0 radical (unpaired) electrons. The highest BCUT2D eigenvalue weighted by Gasteiger charge is 2.73. The van der Waals surface area contributed by atoms with Gasteiger partial charge in [0.2, 0.25) is 0 Å². The standard InChI is InChI=1S/C21H31FO2S2/c1-18-9-7-14(23)11-13(18)5-6-16-15-8-10-20(25-3,26-4)19(15,2)12-17(24)21(16,18)22/h11,15-17,24H,5-10,12H2,1-4H3/t15-,16-,17-,18-,19-,21?/m0/s1. The van der Waals surface area contributed by atoms with Crippen LogP contribution in [0.1, 0.15) is 58.8 Å². The molecule has 3 saturated carbocycles. The van der Waals surface area contributed by atoms with Crippen molar-refractivity contribution in [1.82, 2.24) is 0 Å². The number of rotatable bonds is 2. The summed E-state index contributed by atoms with van der Waals surface area (Å²) in [6, 6.07) is 0. The Kier molecular flexibility index (Phi) is 4.46. The summed E-state index contributed by atoms with van der Waals surface area (Å²) >= 11 is 3.80. The minimum Gasteiger partial charge on any atom is -0.390 e. The summed E-state index contributed by atoms with van der Waals surface area (Å²) < 4.78 is 17.0. The third kappa shape index (κ3) is 2.09. The SMILES string of the molecule is CSC1(SC)CC[C@H]2[C@@H]3CCC4=CC(=O)CC[C@]4(C)C3(F)[C@@H](O)C[C@@]21C. The molecule has 0 aromatic heterocycles. The highest BCUT2D eigenvalue weighted by atomic mass is 32.2. The zero-order valence-corrected chi connectivity index (χ0v) is 17.9. The maximum atomic E-state index is 16.9. The lowest BCUT2D eigenvalue weighted by Gasteiger charge is -2.64. The number of aliphatic hydroxyl groups is 1. The van der Waals surface area contributed by atoms with Crippen LogP contribution in [0.15, 0.2) is 11.6 Å². The average Bonchev–Trinajstić information content (AvgIpc) is 2.89. The summed E-state index contributed by atoms with van der Waals surface area (Å²) in [6.45, 7) is 4.28. The average molecular weight is 399 g/mol. The van der Waals surface area contributed by atoms with E-state index in [-0.39, 0.29) is 21.2 Å². The Morgan fingerprint density at radius 2 is 1.81 bits per heavy atom. The van der Waals surface area contributed by atoms with Crippen LogP contribution < -0.4 is 0 Å². The second-order valence-electron chi connectivity index (χ2n) is 9.32. The van der Waals surface area contributed by atoms with Crippen molar-refractivity contribution in [2.75, 3.05) is 12.5 Å². The zero-order chi connectivity index (χ0) is 19.0. The van der Waals surface area contributed by atoms with Crippen LogP contribution >= 0.6 is 23.5 Å². The number of aliphatic hydroxyl groups excluding tert-OH is 1. The smallest absolute Gasteiger partial charge is 0.155 e. The van der Waals surface area contributed by atoms with Gasteiger partial charge < -0.3 is 5.11 Å². The Hall–Kier alpha value is -0.0000000000000000763. The monoisotopic (exact) mass is 398 g/mol. The summed E-state index contributed by atoms with van der Waals surface area (Å²) in [5.41, 5.74) is -1.38. The molecule has 4 rings (SSSR count). The number of carbonyl (C=O) groups excluding carboxylic acids is 1. The first-order chi connectivity index (χ1) is 12.2. The number of hydrogen-bond donors (Lipinski definition) is 1. The minimum atomic E-state index is -1.60. The van der Waals surface area contributed by atoms with Gasteiger partial charge in [0.1, 0.15) is 5.67 Å². The third-order valence-corrected chi connectivity index (χ3v) is 12.4. The van der Waals surface area contributed by atoms with E-state index in [1.165, 1.54) is 0 Å². The Labute approximate surface area is 165 Å². The molecule has 26 heavy (non-hydrogen) atoms.